The highest BCUT2D eigenvalue weighted by Gasteiger charge is 2.29. The van der Waals surface area contributed by atoms with E-state index in [1.807, 2.05) is 0 Å². The lowest BCUT2D eigenvalue weighted by atomic mass is 9.89. The molecule has 0 aliphatic carbocycles. The Bertz CT molecular complexity index is 505. The number of unbranched alkanes of at least 4 members (excludes halogenated alkanes) is 3. The Kier molecular flexibility index (Phi) is 6.26. The van der Waals surface area contributed by atoms with Crippen molar-refractivity contribution in [2.24, 2.45) is 0 Å². The first-order chi connectivity index (χ1) is 10.4. The molecule has 1 aliphatic heterocycles. The molecule has 1 aromatic carbocycles. The zero-order chi connectivity index (χ0) is 16.2. The van der Waals surface area contributed by atoms with Gasteiger partial charge in [0.1, 0.15) is 11.4 Å². The summed E-state index contributed by atoms with van der Waals surface area (Å²) in [5, 5.41) is 0. The maximum absolute atomic E-state index is 6.32. The molecule has 1 nitrogen and oxygen atoms in total. The standard InChI is InChI=1S/C20H32OS/c1-6-7-8-9-12-22-14-17-13-15(2)16(3)19-18(17)10-11-20(4,5)21-19/h13H,6-12,14H2,1-5H3. The summed E-state index contributed by atoms with van der Waals surface area (Å²) in [6.45, 7) is 11.1. The van der Waals surface area contributed by atoms with E-state index in [1.165, 1.54) is 59.4 Å². The second-order valence-corrected chi connectivity index (χ2v) is 8.37. The van der Waals surface area contributed by atoms with E-state index in [4.69, 9.17) is 4.74 Å². The van der Waals surface area contributed by atoms with Gasteiger partial charge in [0.25, 0.3) is 0 Å². The first-order valence-electron chi connectivity index (χ1n) is 8.83. The fraction of sp³-hybridized carbons (Fsp3) is 0.700. The van der Waals surface area contributed by atoms with Gasteiger partial charge in [0, 0.05) is 5.75 Å². The van der Waals surface area contributed by atoms with Gasteiger partial charge in [-0.25, -0.2) is 0 Å². The van der Waals surface area contributed by atoms with Gasteiger partial charge in [0.2, 0.25) is 0 Å². The monoisotopic (exact) mass is 320 g/mol. The molecule has 0 bridgehead atoms. The van der Waals surface area contributed by atoms with Crippen LogP contribution in [0.4, 0.5) is 0 Å². The van der Waals surface area contributed by atoms with Crippen LogP contribution in [-0.2, 0) is 12.2 Å². The Morgan fingerprint density at radius 2 is 1.95 bits per heavy atom. The highest BCUT2D eigenvalue weighted by atomic mass is 32.2. The minimum absolute atomic E-state index is 0.0177. The molecule has 1 aliphatic rings. The maximum atomic E-state index is 6.32. The highest BCUT2D eigenvalue weighted by Crippen LogP contribution is 2.40. The molecule has 0 spiro atoms. The molecule has 1 heterocycles. The predicted molar refractivity (Wildman–Crippen MR) is 99.2 cm³/mol. The Hall–Kier alpha value is -0.630. The van der Waals surface area contributed by atoms with Gasteiger partial charge in [-0.2, -0.15) is 11.8 Å². The van der Waals surface area contributed by atoms with Gasteiger partial charge in [-0.1, -0.05) is 32.3 Å². The third kappa shape index (κ3) is 4.44. The zero-order valence-corrected chi connectivity index (χ0v) is 15.9. The van der Waals surface area contributed by atoms with E-state index in [2.05, 4.69) is 52.4 Å². The van der Waals surface area contributed by atoms with Gasteiger partial charge >= 0.3 is 0 Å². The van der Waals surface area contributed by atoms with Crippen molar-refractivity contribution in [3.8, 4) is 5.75 Å². The summed E-state index contributed by atoms with van der Waals surface area (Å²) in [5.41, 5.74) is 5.67. The molecule has 0 amide bonds. The van der Waals surface area contributed by atoms with E-state index in [1.54, 1.807) is 0 Å². The second-order valence-electron chi connectivity index (χ2n) is 7.26. The molecule has 22 heavy (non-hydrogen) atoms. The number of benzene rings is 1. The van der Waals surface area contributed by atoms with Crippen LogP contribution in [0.25, 0.3) is 0 Å². The van der Waals surface area contributed by atoms with Crippen molar-refractivity contribution in [2.45, 2.75) is 84.5 Å². The third-order valence-electron chi connectivity index (χ3n) is 4.74. The van der Waals surface area contributed by atoms with Crippen molar-refractivity contribution >= 4 is 11.8 Å². The summed E-state index contributed by atoms with van der Waals surface area (Å²) < 4.78 is 6.32. The molecule has 2 rings (SSSR count). The molecule has 0 saturated carbocycles. The molecule has 0 N–H and O–H groups in total. The molecule has 1 aromatic rings. The number of thioether (sulfide) groups is 1. The molecule has 0 atom stereocenters. The van der Waals surface area contributed by atoms with Crippen LogP contribution in [0.1, 0.15) is 75.1 Å². The van der Waals surface area contributed by atoms with E-state index < -0.39 is 0 Å². The van der Waals surface area contributed by atoms with Crippen molar-refractivity contribution in [3.05, 3.63) is 28.3 Å². The van der Waals surface area contributed by atoms with Crippen LogP contribution in [0.15, 0.2) is 6.07 Å². The minimum atomic E-state index is -0.0177. The van der Waals surface area contributed by atoms with Crippen molar-refractivity contribution in [1.29, 1.82) is 0 Å². The summed E-state index contributed by atoms with van der Waals surface area (Å²) in [7, 11) is 0. The molecule has 0 unspecified atom stereocenters. The average molecular weight is 321 g/mol. The third-order valence-corrected chi connectivity index (χ3v) is 5.83. The smallest absolute Gasteiger partial charge is 0.126 e. The number of hydrogen-bond acceptors (Lipinski definition) is 2. The summed E-state index contributed by atoms with van der Waals surface area (Å²) in [6, 6.07) is 2.40. The molecular weight excluding hydrogens is 288 g/mol. The lowest BCUT2D eigenvalue weighted by Gasteiger charge is -2.35. The van der Waals surface area contributed by atoms with E-state index >= 15 is 0 Å². The quantitative estimate of drug-likeness (QED) is 0.551. The van der Waals surface area contributed by atoms with Crippen molar-refractivity contribution < 1.29 is 4.74 Å². The fourth-order valence-electron chi connectivity index (χ4n) is 3.12. The predicted octanol–water partition coefficient (Wildman–Crippen LogP) is 6.22. The average Bonchev–Trinajstić information content (AvgIpc) is 2.47. The number of ether oxygens (including phenoxy) is 1. The van der Waals surface area contributed by atoms with Crippen LogP contribution in [0.3, 0.4) is 0 Å². The van der Waals surface area contributed by atoms with E-state index in [0.717, 1.165) is 18.6 Å². The van der Waals surface area contributed by atoms with Crippen LogP contribution in [0.2, 0.25) is 0 Å². The normalized spacial score (nSPS) is 16.2. The Labute approximate surface area is 141 Å². The molecule has 124 valence electrons. The van der Waals surface area contributed by atoms with Crippen LogP contribution >= 0.6 is 11.8 Å². The van der Waals surface area contributed by atoms with Crippen LogP contribution in [0.5, 0.6) is 5.75 Å². The number of fused-ring (bicyclic) bond motifs is 1. The number of aryl methyl sites for hydroxylation is 1. The van der Waals surface area contributed by atoms with Gasteiger partial charge in [-0.15, -0.1) is 0 Å². The molecular formula is C20H32OS. The van der Waals surface area contributed by atoms with Gasteiger partial charge in [0.15, 0.2) is 0 Å². The zero-order valence-electron chi connectivity index (χ0n) is 15.1. The molecule has 0 aromatic heterocycles. The van der Waals surface area contributed by atoms with E-state index in [-0.39, 0.29) is 5.60 Å². The van der Waals surface area contributed by atoms with Gasteiger partial charge in [-0.05, 0) is 75.0 Å². The van der Waals surface area contributed by atoms with Crippen LogP contribution in [-0.4, -0.2) is 11.4 Å². The van der Waals surface area contributed by atoms with E-state index in [0.29, 0.717) is 0 Å². The first kappa shape index (κ1) is 17.7. The SMILES string of the molecule is CCCCCCSCc1cc(C)c(C)c2c1CCC(C)(C)O2. The van der Waals surface area contributed by atoms with Crippen molar-refractivity contribution in [1.82, 2.24) is 0 Å². The minimum Gasteiger partial charge on any atom is -0.487 e. The molecule has 0 fully saturated rings. The maximum Gasteiger partial charge on any atom is 0.126 e. The largest absolute Gasteiger partial charge is 0.487 e. The first-order valence-corrected chi connectivity index (χ1v) is 9.99. The van der Waals surface area contributed by atoms with Crippen molar-refractivity contribution in [3.63, 3.8) is 0 Å². The fourth-order valence-corrected chi connectivity index (χ4v) is 4.15. The number of hydrogen-bond donors (Lipinski definition) is 0. The van der Waals surface area contributed by atoms with Crippen LogP contribution < -0.4 is 4.74 Å². The second kappa shape index (κ2) is 7.77. The Balaban J connectivity index is 2.05. The summed E-state index contributed by atoms with van der Waals surface area (Å²) >= 11 is 2.09. The molecule has 2 heteroatoms. The molecule has 0 saturated heterocycles. The van der Waals surface area contributed by atoms with E-state index in [9.17, 15) is 0 Å². The lowest BCUT2D eigenvalue weighted by molar-refractivity contribution is 0.0833. The van der Waals surface area contributed by atoms with Crippen molar-refractivity contribution in [2.75, 3.05) is 5.75 Å². The Morgan fingerprint density at radius 3 is 2.68 bits per heavy atom. The summed E-state index contributed by atoms with van der Waals surface area (Å²) in [6.07, 6.45) is 7.72. The Morgan fingerprint density at radius 1 is 1.18 bits per heavy atom. The summed E-state index contributed by atoms with van der Waals surface area (Å²) in [4.78, 5) is 0. The van der Waals surface area contributed by atoms with Gasteiger partial charge in [0.05, 0.1) is 0 Å². The summed E-state index contributed by atoms with van der Waals surface area (Å²) in [5.74, 6) is 3.60. The van der Waals surface area contributed by atoms with Gasteiger partial charge < -0.3 is 4.74 Å². The topological polar surface area (TPSA) is 9.23 Å². The lowest BCUT2D eigenvalue weighted by Crippen LogP contribution is -2.33. The number of rotatable bonds is 7. The van der Waals surface area contributed by atoms with Crippen LogP contribution in [0, 0.1) is 13.8 Å². The highest BCUT2D eigenvalue weighted by molar-refractivity contribution is 7.98. The molecule has 0 radical (unpaired) electrons. The van der Waals surface area contributed by atoms with Gasteiger partial charge in [-0.3, -0.25) is 0 Å².